The van der Waals surface area contributed by atoms with E-state index in [-0.39, 0.29) is 12.0 Å². The Morgan fingerprint density at radius 3 is 2.88 bits per heavy atom. The topological polar surface area (TPSA) is 45.1 Å². The van der Waals surface area contributed by atoms with Crippen molar-refractivity contribution < 1.29 is 5.11 Å². The maximum absolute atomic E-state index is 9.29. The van der Waals surface area contributed by atoms with Crippen LogP contribution < -0.4 is 5.32 Å². The summed E-state index contributed by atoms with van der Waals surface area (Å²) in [6.07, 6.45) is 2.55. The van der Waals surface area contributed by atoms with Gasteiger partial charge in [0.05, 0.1) is 12.3 Å². The molecular weight excluding hydrogens is 291 g/mol. The first kappa shape index (κ1) is 13.7. The summed E-state index contributed by atoms with van der Waals surface area (Å²) in [6, 6.07) is 1.88. The molecule has 3 nitrogen and oxygen atoms in total. The molecule has 1 aromatic rings. The maximum Gasteiger partial charge on any atom is 0.152 e. The van der Waals surface area contributed by atoms with Crippen molar-refractivity contribution in [2.45, 2.75) is 20.3 Å². The molecule has 1 heterocycles. The van der Waals surface area contributed by atoms with Crippen LogP contribution in [0.1, 0.15) is 20.3 Å². The molecule has 0 fully saturated rings. The van der Waals surface area contributed by atoms with E-state index in [1.165, 1.54) is 0 Å². The van der Waals surface area contributed by atoms with Gasteiger partial charge in [0, 0.05) is 22.6 Å². The first-order chi connectivity index (χ1) is 7.50. The summed E-state index contributed by atoms with van der Waals surface area (Å²) in [5.74, 6) is 0. The predicted octanol–water partition coefficient (Wildman–Crippen LogP) is 3.32. The molecule has 0 amide bonds. The molecule has 0 spiro atoms. The summed E-state index contributed by atoms with van der Waals surface area (Å²) in [5, 5.41) is 12.9. The number of pyridine rings is 1. The second-order valence-electron chi connectivity index (χ2n) is 4.17. The average Bonchev–Trinajstić information content (AvgIpc) is 2.30. The highest BCUT2D eigenvalue weighted by atomic mass is 79.9. The standard InChI is InChI=1S/C11H16BrClN2O/c1-3-11(2,7-16)6-15-9-4-8(12)5-14-10(9)13/h4-5,15-16H,3,6-7H2,1-2H3. The quantitative estimate of drug-likeness (QED) is 0.820. The smallest absolute Gasteiger partial charge is 0.152 e. The minimum absolute atomic E-state index is 0.133. The fourth-order valence-electron chi connectivity index (χ4n) is 1.15. The number of nitrogens with zero attached hydrogens (tertiary/aromatic N) is 1. The highest BCUT2D eigenvalue weighted by Crippen LogP contribution is 2.26. The maximum atomic E-state index is 9.29. The Morgan fingerprint density at radius 2 is 2.31 bits per heavy atom. The minimum Gasteiger partial charge on any atom is -0.396 e. The van der Waals surface area contributed by atoms with E-state index < -0.39 is 0 Å². The van der Waals surface area contributed by atoms with E-state index in [4.69, 9.17) is 11.6 Å². The number of nitrogens with one attached hydrogen (secondary N) is 1. The van der Waals surface area contributed by atoms with Crippen molar-refractivity contribution in [3.63, 3.8) is 0 Å². The lowest BCUT2D eigenvalue weighted by molar-refractivity contribution is 0.149. The van der Waals surface area contributed by atoms with Crippen molar-refractivity contribution in [1.29, 1.82) is 0 Å². The zero-order valence-corrected chi connectivity index (χ0v) is 11.8. The number of aliphatic hydroxyl groups is 1. The number of aromatic nitrogens is 1. The van der Waals surface area contributed by atoms with Gasteiger partial charge in [-0.1, -0.05) is 25.4 Å². The third kappa shape index (κ3) is 3.61. The van der Waals surface area contributed by atoms with Crippen LogP contribution >= 0.6 is 27.5 Å². The molecular formula is C11H16BrClN2O. The lowest BCUT2D eigenvalue weighted by Gasteiger charge is -2.26. The summed E-state index contributed by atoms with van der Waals surface area (Å²) in [4.78, 5) is 4.02. The molecule has 2 N–H and O–H groups in total. The first-order valence-corrected chi connectivity index (χ1v) is 6.33. The van der Waals surface area contributed by atoms with Crippen LogP contribution in [0.15, 0.2) is 16.7 Å². The summed E-state index contributed by atoms with van der Waals surface area (Å²) < 4.78 is 0.876. The molecule has 0 aliphatic rings. The molecule has 0 aliphatic heterocycles. The Kier molecular flexibility index (Phi) is 5.02. The van der Waals surface area contributed by atoms with Gasteiger partial charge in [-0.15, -0.1) is 0 Å². The van der Waals surface area contributed by atoms with Crippen molar-refractivity contribution in [2.24, 2.45) is 5.41 Å². The van der Waals surface area contributed by atoms with Gasteiger partial charge >= 0.3 is 0 Å². The lowest BCUT2D eigenvalue weighted by atomic mass is 9.88. The van der Waals surface area contributed by atoms with Crippen LogP contribution in [-0.2, 0) is 0 Å². The van der Waals surface area contributed by atoms with Crippen LogP contribution in [0, 0.1) is 5.41 Å². The third-order valence-corrected chi connectivity index (χ3v) is 3.48. The van der Waals surface area contributed by atoms with Crippen LogP contribution in [0.25, 0.3) is 0 Å². The minimum atomic E-state index is -0.133. The van der Waals surface area contributed by atoms with Gasteiger partial charge in [0.1, 0.15) is 0 Å². The molecule has 0 aromatic carbocycles. The van der Waals surface area contributed by atoms with Gasteiger partial charge in [-0.3, -0.25) is 0 Å². The molecule has 0 aliphatic carbocycles. The Bertz CT molecular complexity index is 356. The highest BCUT2D eigenvalue weighted by Gasteiger charge is 2.21. The molecule has 1 aromatic heterocycles. The molecule has 1 atom stereocenters. The molecule has 0 saturated carbocycles. The van der Waals surface area contributed by atoms with Gasteiger partial charge in [0.15, 0.2) is 5.15 Å². The molecule has 5 heteroatoms. The summed E-state index contributed by atoms with van der Waals surface area (Å²) in [6.45, 7) is 4.89. The highest BCUT2D eigenvalue weighted by molar-refractivity contribution is 9.10. The Hall–Kier alpha value is -0.320. The van der Waals surface area contributed by atoms with Gasteiger partial charge in [0.25, 0.3) is 0 Å². The van der Waals surface area contributed by atoms with Crippen molar-refractivity contribution in [1.82, 2.24) is 4.98 Å². The molecule has 0 bridgehead atoms. The van der Waals surface area contributed by atoms with Crippen molar-refractivity contribution in [3.05, 3.63) is 21.9 Å². The normalized spacial score (nSPS) is 14.6. The van der Waals surface area contributed by atoms with E-state index in [1.54, 1.807) is 6.20 Å². The van der Waals surface area contributed by atoms with Crippen molar-refractivity contribution >= 4 is 33.2 Å². The van der Waals surface area contributed by atoms with E-state index in [0.717, 1.165) is 16.6 Å². The fourth-order valence-corrected chi connectivity index (χ4v) is 1.65. The van der Waals surface area contributed by atoms with Crippen LogP contribution in [-0.4, -0.2) is 23.2 Å². The van der Waals surface area contributed by atoms with Gasteiger partial charge in [-0.25, -0.2) is 4.98 Å². The molecule has 1 unspecified atom stereocenters. The van der Waals surface area contributed by atoms with Crippen LogP contribution in [0.2, 0.25) is 5.15 Å². The van der Waals surface area contributed by atoms with Crippen LogP contribution in [0.4, 0.5) is 5.69 Å². The van der Waals surface area contributed by atoms with Crippen LogP contribution in [0.3, 0.4) is 0 Å². The zero-order chi connectivity index (χ0) is 12.2. The molecule has 90 valence electrons. The van der Waals surface area contributed by atoms with E-state index in [0.29, 0.717) is 11.7 Å². The number of anilines is 1. The second-order valence-corrected chi connectivity index (χ2v) is 5.44. The monoisotopic (exact) mass is 306 g/mol. The van der Waals surface area contributed by atoms with Gasteiger partial charge in [-0.05, 0) is 28.4 Å². The lowest BCUT2D eigenvalue weighted by Crippen LogP contribution is -2.29. The fraction of sp³-hybridized carbons (Fsp3) is 0.545. The number of aliphatic hydroxyl groups excluding tert-OH is 1. The van der Waals surface area contributed by atoms with Crippen molar-refractivity contribution in [3.8, 4) is 0 Å². The summed E-state index contributed by atoms with van der Waals surface area (Å²) >= 11 is 9.29. The van der Waals surface area contributed by atoms with Gasteiger partial charge in [0.2, 0.25) is 0 Å². The molecule has 1 rings (SSSR count). The molecule has 16 heavy (non-hydrogen) atoms. The second kappa shape index (κ2) is 5.84. The summed E-state index contributed by atoms with van der Waals surface area (Å²) in [7, 11) is 0. The Balaban J connectivity index is 2.70. The zero-order valence-electron chi connectivity index (χ0n) is 9.43. The Labute approximate surface area is 109 Å². The van der Waals surface area contributed by atoms with E-state index in [9.17, 15) is 5.11 Å². The van der Waals surface area contributed by atoms with Crippen molar-refractivity contribution in [2.75, 3.05) is 18.5 Å². The van der Waals surface area contributed by atoms with Gasteiger partial charge < -0.3 is 10.4 Å². The number of halogens is 2. The Morgan fingerprint density at radius 1 is 1.62 bits per heavy atom. The SMILES string of the molecule is CCC(C)(CO)CNc1cc(Br)cnc1Cl. The average molecular weight is 308 g/mol. The van der Waals surface area contributed by atoms with E-state index in [1.807, 2.05) is 13.0 Å². The number of hydrogen-bond donors (Lipinski definition) is 2. The number of rotatable bonds is 5. The molecule has 0 saturated heterocycles. The van der Waals surface area contributed by atoms with E-state index >= 15 is 0 Å². The number of hydrogen-bond acceptors (Lipinski definition) is 3. The third-order valence-electron chi connectivity index (χ3n) is 2.75. The summed E-state index contributed by atoms with van der Waals surface area (Å²) in [5.41, 5.74) is 0.648. The largest absolute Gasteiger partial charge is 0.396 e. The van der Waals surface area contributed by atoms with Crippen LogP contribution in [0.5, 0.6) is 0 Å². The predicted molar refractivity (Wildman–Crippen MR) is 70.9 cm³/mol. The van der Waals surface area contributed by atoms with Gasteiger partial charge in [-0.2, -0.15) is 0 Å². The van der Waals surface area contributed by atoms with E-state index in [2.05, 4.69) is 33.2 Å². The first-order valence-electron chi connectivity index (χ1n) is 5.16. The molecule has 0 radical (unpaired) electrons.